The molecule has 2 aliphatic carbocycles. The van der Waals surface area contributed by atoms with Gasteiger partial charge in [-0.2, -0.15) is 0 Å². The van der Waals surface area contributed by atoms with E-state index >= 15 is 0 Å². The van der Waals surface area contributed by atoms with Gasteiger partial charge >= 0.3 is 16.8 Å². The number of fused-ring (bicyclic) bond motifs is 2. The normalized spacial score (nSPS) is 20.9. The van der Waals surface area contributed by atoms with Gasteiger partial charge in [0.15, 0.2) is 0 Å². The number of hydrogen-bond acceptors (Lipinski definition) is 8. The molecule has 2 N–H and O–H groups in total. The summed E-state index contributed by atoms with van der Waals surface area (Å²) in [6.07, 6.45) is 9.91. The summed E-state index contributed by atoms with van der Waals surface area (Å²) in [6.45, 7) is 10.1. The van der Waals surface area contributed by atoms with E-state index in [1.165, 1.54) is 17.5 Å². The Morgan fingerprint density at radius 1 is 0.925 bits per heavy atom. The van der Waals surface area contributed by atoms with Gasteiger partial charge in [0.2, 0.25) is 0 Å². The molecule has 3 atom stereocenters. The molecule has 2 aromatic rings. The van der Waals surface area contributed by atoms with E-state index < -0.39 is 11.9 Å². The number of rotatable bonds is 6. The number of aliphatic carboxylic acids is 2. The first-order valence-corrected chi connectivity index (χ1v) is 13.4. The smallest absolute Gasteiger partial charge is 0.550 e. The largest absolute Gasteiger partial charge is 2.00 e. The van der Waals surface area contributed by atoms with E-state index in [9.17, 15) is 10.2 Å². The molecule has 3 unspecified atom stereocenters. The molecule has 2 saturated carbocycles. The summed E-state index contributed by atoms with van der Waals surface area (Å²) in [6, 6.07) is 8.27. The number of hydrogen-bond donors (Lipinski definition) is 2. The van der Waals surface area contributed by atoms with Gasteiger partial charge in [-0.05, 0) is 107 Å². The minimum absolute atomic E-state index is 0. The average Bonchev–Trinajstić information content (AvgIpc) is 3.43. The van der Waals surface area contributed by atoms with E-state index in [0.29, 0.717) is 17.4 Å². The second-order valence-electron chi connectivity index (χ2n) is 10.4. The van der Waals surface area contributed by atoms with Crippen LogP contribution < -0.4 is 10.2 Å². The number of carboxylic acid groups (broad SMARTS) is 2. The molecule has 219 valence electrons. The monoisotopic (exact) mass is 595 g/mol. The molecule has 0 heterocycles. The molecule has 40 heavy (non-hydrogen) atoms. The molecule has 0 spiro atoms. The third-order valence-electron chi connectivity index (χ3n) is 7.25. The Morgan fingerprint density at radius 3 is 1.80 bits per heavy atom. The van der Waals surface area contributed by atoms with E-state index in [1.807, 2.05) is 50.5 Å². The fourth-order valence-electron chi connectivity index (χ4n) is 5.34. The van der Waals surface area contributed by atoms with Crippen LogP contribution in [-0.2, 0) is 39.2 Å². The van der Waals surface area contributed by atoms with E-state index in [-0.39, 0.29) is 28.4 Å². The van der Waals surface area contributed by atoms with Gasteiger partial charge < -0.3 is 30.0 Å². The molecule has 8 nitrogen and oxygen atoms in total. The number of aryl methyl sites for hydroxylation is 4. The standard InChI is InChI=1S/C27H34N2O2.2C2H4O2.Co/c1-5-19-9-17(3)25(30)22(11-19)15-28-24-13-21-7-8-27(24,14-21)29-16-23-12-20(6-2)10-18(4)26(23)31;2*1-2(3)4;/h9-12,15-16,21,24,30-31H,5-8,13-14H2,1-4H3;2*1H3,(H,3,4);/q;;;+2/p-2. The van der Waals surface area contributed by atoms with Crippen LogP contribution in [0.25, 0.3) is 0 Å². The van der Waals surface area contributed by atoms with E-state index in [1.54, 1.807) is 0 Å². The zero-order chi connectivity index (χ0) is 29.3. The maximum absolute atomic E-state index is 10.5. The molecule has 1 radical (unpaired) electrons. The third kappa shape index (κ3) is 9.48. The summed E-state index contributed by atoms with van der Waals surface area (Å²) in [5.74, 6) is -0.867. The Hall–Kier alpha value is -3.17. The van der Waals surface area contributed by atoms with Crippen molar-refractivity contribution in [1.29, 1.82) is 0 Å². The van der Waals surface area contributed by atoms with Crippen LogP contribution in [0.3, 0.4) is 0 Å². The Bertz CT molecular complexity index is 1220. The van der Waals surface area contributed by atoms with Gasteiger partial charge in [-0.15, -0.1) is 0 Å². The molecule has 0 amide bonds. The van der Waals surface area contributed by atoms with Gasteiger partial charge in [0.05, 0.1) is 11.6 Å². The third-order valence-corrected chi connectivity index (χ3v) is 7.25. The summed E-state index contributed by atoms with van der Waals surface area (Å²) in [5, 5.41) is 38.8. The molecular weight excluding hydrogens is 555 g/mol. The second kappa shape index (κ2) is 15.6. The average molecular weight is 596 g/mol. The maximum atomic E-state index is 10.5. The van der Waals surface area contributed by atoms with Crippen molar-refractivity contribution in [3.63, 3.8) is 0 Å². The van der Waals surface area contributed by atoms with Gasteiger partial charge in [0, 0.05) is 35.5 Å². The van der Waals surface area contributed by atoms with Crippen molar-refractivity contribution in [3.05, 3.63) is 57.6 Å². The van der Waals surface area contributed by atoms with Crippen LogP contribution in [0.5, 0.6) is 11.5 Å². The number of carboxylic acids is 2. The summed E-state index contributed by atoms with van der Waals surface area (Å²) in [7, 11) is 0. The summed E-state index contributed by atoms with van der Waals surface area (Å²) in [4.78, 5) is 27.8. The van der Waals surface area contributed by atoms with Crippen molar-refractivity contribution < 1.29 is 46.8 Å². The first-order chi connectivity index (χ1) is 18.3. The van der Waals surface area contributed by atoms with Crippen molar-refractivity contribution >= 4 is 24.4 Å². The van der Waals surface area contributed by atoms with Crippen LogP contribution in [0.1, 0.15) is 86.8 Å². The van der Waals surface area contributed by atoms with Crippen LogP contribution >= 0.6 is 0 Å². The number of nitrogens with zero attached hydrogens (tertiary/aromatic N) is 2. The van der Waals surface area contributed by atoms with Crippen LogP contribution in [0.4, 0.5) is 0 Å². The number of phenols is 2. The first kappa shape index (κ1) is 34.9. The number of phenolic OH excluding ortho intramolecular Hbond substituents is 2. The fourth-order valence-corrected chi connectivity index (χ4v) is 5.34. The summed E-state index contributed by atoms with van der Waals surface area (Å²) < 4.78 is 0. The number of carbonyl (C=O) groups is 2. The number of aromatic hydroxyl groups is 2. The quantitative estimate of drug-likeness (QED) is 0.491. The van der Waals surface area contributed by atoms with Gasteiger partial charge in [0.1, 0.15) is 11.5 Å². The van der Waals surface area contributed by atoms with Crippen molar-refractivity contribution in [3.8, 4) is 11.5 Å². The molecule has 2 aliphatic rings. The molecule has 2 fully saturated rings. The molecular formula is C31H40CoN2O6. The summed E-state index contributed by atoms with van der Waals surface area (Å²) in [5.41, 5.74) is 5.60. The van der Waals surface area contributed by atoms with Gasteiger partial charge in [-0.3, -0.25) is 9.98 Å². The topological polar surface area (TPSA) is 145 Å². The zero-order valence-corrected chi connectivity index (χ0v) is 25.2. The van der Waals surface area contributed by atoms with Crippen LogP contribution in [0.2, 0.25) is 0 Å². The summed E-state index contributed by atoms with van der Waals surface area (Å²) >= 11 is 0. The Kier molecular flexibility index (Phi) is 13.6. The Labute approximate surface area is 247 Å². The predicted molar refractivity (Wildman–Crippen MR) is 149 cm³/mol. The molecule has 2 aromatic carbocycles. The zero-order valence-electron chi connectivity index (χ0n) is 24.1. The molecule has 0 saturated heterocycles. The van der Waals surface area contributed by atoms with Gasteiger partial charge in [0.25, 0.3) is 0 Å². The van der Waals surface area contributed by atoms with Gasteiger partial charge in [-0.1, -0.05) is 26.0 Å². The Balaban J connectivity index is 0.000000789. The van der Waals surface area contributed by atoms with Crippen LogP contribution in [0, 0.1) is 19.8 Å². The SMILES string of the molecule is CC(=O)[O-].CC(=O)[O-].CCc1cc(C)c(O)c(C=NC2CC3CCC2(N=Cc2cc(CC)cc(C)c2O)C3)c1.[Co+2]. The number of carbonyl (C=O) groups excluding carboxylic acids is 2. The molecule has 2 bridgehead atoms. The maximum Gasteiger partial charge on any atom is 2.00 e. The Morgan fingerprint density at radius 2 is 1.38 bits per heavy atom. The molecule has 0 aliphatic heterocycles. The minimum Gasteiger partial charge on any atom is -0.550 e. The molecule has 0 aromatic heterocycles. The predicted octanol–water partition coefficient (Wildman–Crippen LogP) is 3.20. The van der Waals surface area contributed by atoms with Crippen LogP contribution in [0.15, 0.2) is 34.3 Å². The van der Waals surface area contributed by atoms with E-state index in [2.05, 4.69) is 13.8 Å². The van der Waals surface area contributed by atoms with Crippen molar-refractivity contribution in [2.24, 2.45) is 15.9 Å². The van der Waals surface area contributed by atoms with E-state index in [0.717, 1.165) is 68.2 Å². The fraction of sp³-hybridized carbons (Fsp3) is 0.484. The minimum atomic E-state index is -1.08. The van der Waals surface area contributed by atoms with Crippen molar-refractivity contribution in [1.82, 2.24) is 0 Å². The first-order valence-electron chi connectivity index (χ1n) is 13.4. The van der Waals surface area contributed by atoms with Crippen molar-refractivity contribution in [2.45, 2.75) is 91.6 Å². The molecule has 4 rings (SSSR count). The number of benzene rings is 2. The van der Waals surface area contributed by atoms with Crippen LogP contribution in [-0.4, -0.2) is 46.2 Å². The second-order valence-corrected chi connectivity index (χ2v) is 10.4. The van der Waals surface area contributed by atoms with Gasteiger partial charge in [-0.25, -0.2) is 0 Å². The molecule has 9 heteroatoms. The van der Waals surface area contributed by atoms with Crippen molar-refractivity contribution in [2.75, 3.05) is 0 Å². The van der Waals surface area contributed by atoms with E-state index in [4.69, 9.17) is 29.8 Å². The number of aliphatic imine (C=N–C) groups is 2.